The van der Waals surface area contributed by atoms with Crippen LogP contribution in [-0.4, -0.2) is 24.7 Å². The SMILES string of the molecule is CC(CC1CCCCN1)NC1CCCC1(C)C. The summed E-state index contributed by atoms with van der Waals surface area (Å²) in [5, 5.41) is 7.53. The Bertz CT molecular complexity index is 231. The fraction of sp³-hybridized carbons (Fsp3) is 1.00. The zero-order valence-corrected chi connectivity index (χ0v) is 11.9. The molecule has 1 saturated heterocycles. The standard InChI is InChI=1S/C15H30N2/c1-12(11-13-7-4-5-10-16-13)17-14-8-6-9-15(14,2)3/h12-14,16-17H,4-11H2,1-3H3. The fourth-order valence-corrected chi connectivity index (χ4v) is 3.60. The second-order valence-electron chi connectivity index (χ2n) is 6.88. The van der Waals surface area contributed by atoms with Gasteiger partial charge in [-0.2, -0.15) is 0 Å². The minimum absolute atomic E-state index is 0.508. The highest BCUT2D eigenvalue weighted by Gasteiger charge is 2.35. The van der Waals surface area contributed by atoms with E-state index in [0.29, 0.717) is 11.5 Å². The summed E-state index contributed by atoms with van der Waals surface area (Å²) in [5.74, 6) is 0. The van der Waals surface area contributed by atoms with Gasteiger partial charge in [0, 0.05) is 18.1 Å². The van der Waals surface area contributed by atoms with Crippen molar-refractivity contribution in [1.29, 1.82) is 0 Å². The van der Waals surface area contributed by atoms with Gasteiger partial charge in [-0.15, -0.1) is 0 Å². The molecule has 1 aliphatic carbocycles. The van der Waals surface area contributed by atoms with Gasteiger partial charge in [-0.05, 0) is 51.0 Å². The topological polar surface area (TPSA) is 24.1 Å². The smallest absolute Gasteiger partial charge is 0.0121 e. The Labute approximate surface area is 107 Å². The second kappa shape index (κ2) is 5.71. The molecule has 1 aliphatic heterocycles. The Balaban J connectivity index is 1.74. The van der Waals surface area contributed by atoms with Crippen molar-refractivity contribution in [3.63, 3.8) is 0 Å². The van der Waals surface area contributed by atoms with Crippen LogP contribution in [0, 0.1) is 5.41 Å². The van der Waals surface area contributed by atoms with Crippen molar-refractivity contribution in [2.24, 2.45) is 5.41 Å². The first-order chi connectivity index (χ1) is 8.08. The molecule has 0 aromatic heterocycles. The summed E-state index contributed by atoms with van der Waals surface area (Å²) in [6.07, 6.45) is 9.62. The Kier molecular flexibility index (Phi) is 4.48. The molecule has 100 valence electrons. The highest BCUT2D eigenvalue weighted by molar-refractivity contribution is 4.92. The van der Waals surface area contributed by atoms with E-state index < -0.39 is 0 Å². The zero-order valence-electron chi connectivity index (χ0n) is 11.9. The summed E-state index contributed by atoms with van der Waals surface area (Å²) in [6, 6.07) is 2.16. The van der Waals surface area contributed by atoms with Crippen LogP contribution in [-0.2, 0) is 0 Å². The monoisotopic (exact) mass is 238 g/mol. The molecular formula is C15H30N2. The highest BCUT2D eigenvalue weighted by Crippen LogP contribution is 2.37. The van der Waals surface area contributed by atoms with Crippen LogP contribution in [0.5, 0.6) is 0 Å². The van der Waals surface area contributed by atoms with E-state index in [2.05, 4.69) is 31.4 Å². The third kappa shape index (κ3) is 3.69. The Hall–Kier alpha value is -0.0800. The number of piperidine rings is 1. The molecule has 0 spiro atoms. The first-order valence-electron chi connectivity index (χ1n) is 7.57. The third-order valence-electron chi connectivity index (χ3n) is 4.79. The first-order valence-corrected chi connectivity index (χ1v) is 7.57. The van der Waals surface area contributed by atoms with Crippen molar-refractivity contribution >= 4 is 0 Å². The van der Waals surface area contributed by atoms with E-state index in [0.717, 1.165) is 12.1 Å². The second-order valence-corrected chi connectivity index (χ2v) is 6.88. The van der Waals surface area contributed by atoms with Gasteiger partial charge in [-0.25, -0.2) is 0 Å². The lowest BCUT2D eigenvalue weighted by molar-refractivity contribution is 0.247. The van der Waals surface area contributed by atoms with Gasteiger partial charge in [0.15, 0.2) is 0 Å². The van der Waals surface area contributed by atoms with Crippen LogP contribution in [0.4, 0.5) is 0 Å². The molecule has 2 nitrogen and oxygen atoms in total. The average molecular weight is 238 g/mol. The van der Waals surface area contributed by atoms with Crippen LogP contribution >= 0.6 is 0 Å². The molecule has 0 radical (unpaired) electrons. The summed E-state index contributed by atoms with van der Waals surface area (Å²) in [6.45, 7) is 8.43. The van der Waals surface area contributed by atoms with Gasteiger partial charge in [0.25, 0.3) is 0 Å². The molecule has 3 atom stereocenters. The summed E-state index contributed by atoms with van der Waals surface area (Å²) >= 11 is 0. The normalized spacial score (nSPS) is 34.8. The van der Waals surface area contributed by atoms with E-state index in [9.17, 15) is 0 Å². The fourth-order valence-electron chi connectivity index (χ4n) is 3.60. The number of rotatable bonds is 4. The molecule has 1 heterocycles. The average Bonchev–Trinajstić information content (AvgIpc) is 2.59. The summed E-state index contributed by atoms with van der Waals surface area (Å²) in [5.41, 5.74) is 0.508. The molecule has 17 heavy (non-hydrogen) atoms. The summed E-state index contributed by atoms with van der Waals surface area (Å²) in [4.78, 5) is 0. The molecule has 0 aromatic carbocycles. The van der Waals surface area contributed by atoms with Crippen LogP contribution in [0.25, 0.3) is 0 Å². The molecule has 2 aliphatic rings. The third-order valence-corrected chi connectivity index (χ3v) is 4.79. The van der Waals surface area contributed by atoms with Gasteiger partial charge in [0.05, 0.1) is 0 Å². The lowest BCUT2D eigenvalue weighted by atomic mass is 9.86. The minimum Gasteiger partial charge on any atom is -0.314 e. The molecular weight excluding hydrogens is 208 g/mol. The molecule has 3 unspecified atom stereocenters. The molecule has 2 fully saturated rings. The van der Waals surface area contributed by atoms with Crippen molar-refractivity contribution in [3.8, 4) is 0 Å². The highest BCUT2D eigenvalue weighted by atomic mass is 15.0. The van der Waals surface area contributed by atoms with Crippen LogP contribution in [0.2, 0.25) is 0 Å². The van der Waals surface area contributed by atoms with E-state index in [1.807, 2.05) is 0 Å². The zero-order chi connectivity index (χ0) is 12.3. The largest absolute Gasteiger partial charge is 0.314 e. The Morgan fingerprint density at radius 2 is 2.06 bits per heavy atom. The minimum atomic E-state index is 0.508. The van der Waals surface area contributed by atoms with Crippen molar-refractivity contribution < 1.29 is 0 Å². The predicted octanol–water partition coefficient (Wildman–Crippen LogP) is 3.08. The lowest BCUT2D eigenvalue weighted by Gasteiger charge is -2.33. The van der Waals surface area contributed by atoms with Gasteiger partial charge in [-0.1, -0.05) is 26.7 Å². The molecule has 0 amide bonds. The molecule has 1 saturated carbocycles. The Morgan fingerprint density at radius 3 is 2.65 bits per heavy atom. The molecule has 2 heteroatoms. The van der Waals surface area contributed by atoms with Gasteiger partial charge >= 0.3 is 0 Å². The maximum Gasteiger partial charge on any atom is 0.0121 e. The van der Waals surface area contributed by atoms with E-state index in [-0.39, 0.29) is 0 Å². The summed E-state index contributed by atoms with van der Waals surface area (Å²) < 4.78 is 0. The maximum absolute atomic E-state index is 3.88. The number of nitrogens with one attached hydrogen (secondary N) is 2. The van der Waals surface area contributed by atoms with Crippen LogP contribution in [0.1, 0.15) is 65.7 Å². The van der Waals surface area contributed by atoms with Crippen LogP contribution in [0.15, 0.2) is 0 Å². The van der Waals surface area contributed by atoms with E-state index in [1.165, 1.54) is 51.5 Å². The van der Waals surface area contributed by atoms with Gasteiger partial charge in [0.2, 0.25) is 0 Å². The Morgan fingerprint density at radius 1 is 1.24 bits per heavy atom. The maximum atomic E-state index is 3.88. The van der Waals surface area contributed by atoms with Crippen LogP contribution < -0.4 is 10.6 Å². The molecule has 2 rings (SSSR count). The van der Waals surface area contributed by atoms with Gasteiger partial charge < -0.3 is 10.6 Å². The van der Waals surface area contributed by atoms with Gasteiger partial charge in [-0.3, -0.25) is 0 Å². The quantitative estimate of drug-likeness (QED) is 0.786. The predicted molar refractivity (Wildman–Crippen MR) is 74.3 cm³/mol. The van der Waals surface area contributed by atoms with E-state index in [4.69, 9.17) is 0 Å². The van der Waals surface area contributed by atoms with Crippen molar-refractivity contribution in [2.45, 2.75) is 83.8 Å². The first kappa shape index (κ1) is 13.4. The number of hydrogen-bond acceptors (Lipinski definition) is 2. The van der Waals surface area contributed by atoms with Crippen molar-refractivity contribution in [2.75, 3.05) is 6.54 Å². The molecule has 0 bridgehead atoms. The molecule has 2 N–H and O–H groups in total. The number of hydrogen-bond donors (Lipinski definition) is 2. The van der Waals surface area contributed by atoms with Gasteiger partial charge in [0.1, 0.15) is 0 Å². The van der Waals surface area contributed by atoms with Crippen LogP contribution in [0.3, 0.4) is 0 Å². The van der Waals surface area contributed by atoms with E-state index >= 15 is 0 Å². The summed E-state index contributed by atoms with van der Waals surface area (Å²) in [7, 11) is 0. The lowest BCUT2D eigenvalue weighted by Crippen LogP contribution is -2.46. The van der Waals surface area contributed by atoms with Crippen molar-refractivity contribution in [1.82, 2.24) is 10.6 Å². The van der Waals surface area contributed by atoms with E-state index in [1.54, 1.807) is 0 Å². The molecule has 0 aromatic rings. The van der Waals surface area contributed by atoms with Crippen molar-refractivity contribution in [3.05, 3.63) is 0 Å².